The highest BCUT2D eigenvalue weighted by molar-refractivity contribution is 9.10. The van der Waals surface area contributed by atoms with E-state index in [-0.39, 0.29) is 24.4 Å². The Hall–Kier alpha value is -3.47. The van der Waals surface area contributed by atoms with Crippen LogP contribution < -0.4 is 20.2 Å². The quantitative estimate of drug-likeness (QED) is 0.312. The fourth-order valence-electron chi connectivity index (χ4n) is 2.42. The number of methoxy groups -OCH3 is 1. The molecule has 0 heterocycles. The van der Waals surface area contributed by atoms with Crippen molar-refractivity contribution in [2.45, 2.75) is 20.3 Å². The van der Waals surface area contributed by atoms with Gasteiger partial charge in [-0.1, -0.05) is 6.07 Å². The second kappa shape index (κ2) is 11.1. The number of hydrazone groups is 1. The fourth-order valence-corrected chi connectivity index (χ4v) is 3.03. The van der Waals surface area contributed by atoms with E-state index in [1.54, 1.807) is 13.0 Å². The Morgan fingerprint density at radius 3 is 2.58 bits per heavy atom. The SMILES string of the molecule is COc1ccc(NC(=O)CC(C)=NNC(=O)COc2ccc(C)cc2Br)c([N+](=O)[O-])c1. The van der Waals surface area contributed by atoms with Crippen LogP contribution in [-0.2, 0) is 9.59 Å². The molecule has 0 fully saturated rings. The molecule has 0 unspecified atom stereocenters. The van der Waals surface area contributed by atoms with Gasteiger partial charge >= 0.3 is 0 Å². The monoisotopic (exact) mass is 492 g/mol. The van der Waals surface area contributed by atoms with E-state index in [4.69, 9.17) is 9.47 Å². The lowest BCUT2D eigenvalue weighted by molar-refractivity contribution is -0.384. The molecule has 0 aliphatic carbocycles. The van der Waals surface area contributed by atoms with Crippen LogP contribution >= 0.6 is 15.9 Å². The molecule has 2 aromatic carbocycles. The summed E-state index contributed by atoms with van der Waals surface area (Å²) < 4.78 is 11.1. The lowest BCUT2D eigenvalue weighted by atomic mass is 10.2. The molecule has 2 N–H and O–H groups in total. The van der Waals surface area contributed by atoms with Crippen molar-refractivity contribution in [3.05, 3.63) is 56.5 Å². The van der Waals surface area contributed by atoms with Gasteiger partial charge in [0, 0.05) is 5.71 Å². The first-order valence-corrected chi connectivity index (χ1v) is 9.82. The van der Waals surface area contributed by atoms with Crippen LogP contribution in [0.5, 0.6) is 11.5 Å². The van der Waals surface area contributed by atoms with Crippen LogP contribution in [0.15, 0.2) is 46.0 Å². The van der Waals surface area contributed by atoms with Gasteiger partial charge in [-0.15, -0.1) is 0 Å². The number of halogens is 1. The summed E-state index contributed by atoms with van der Waals surface area (Å²) in [6, 6.07) is 9.54. The largest absolute Gasteiger partial charge is 0.496 e. The number of ether oxygens (including phenoxy) is 2. The first-order chi connectivity index (χ1) is 14.7. The van der Waals surface area contributed by atoms with Gasteiger partial charge in [-0.05, 0) is 59.6 Å². The number of anilines is 1. The van der Waals surface area contributed by atoms with E-state index in [2.05, 4.69) is 31.8 Å². The van der Waals surface area contributed by atoms with Crippen LogP contribution in [-0.4, -0.2) is 36.2 Å². The van der Waals surface area contributed by atoms with Crippen molar-refractivity contribution in [2.75, 3.05) is 19.0 Å². The number of nitro groups is 1. The molecule has 10 nitrogen and oxygen atoms in total. The number of nitrogens with one attached hydrogen (secondary N) is 2. The molecule has 31 heavy (non-hydrogen) atoms. The lowest BCUT2D eigenvalue weighted by Gasteiger charge is -2.09. The van der Waals surface area contributed by atoms with Crippen molar-refractivity contribution in [1.82, 2.24) is 5.43 Å². The molecule has 0 aliphatic rings. The molecule has 0 bridgehead atoms. The Balaban J connectivity index is 1.88. The number of carbonyl (C=O) groups is 2. The number of hydrogen-bond donors (Lipinski definition) is 2. The predicted octanol–water partition coefficient (Wildman–Crippen LogP) is 3.57. The lowest BCUT2D eigenvalue weighted by Crippen LogP contribution is -2.26. The van der Waals surface area contributed by atoms with Gasteiger partial charge in [0.15, 0.2) is 6.61 Å². The van der Waals surface area contributed by atoms with Crippen LogP contribution in [0, 0.1) is 17.0 Å². The summed E-state index contributed by atoms with van der Waals surface area (Å²) in [6.07, 6.45) is -0.173. The zero-order valence-corrected chi connectivity index (χ0v) is 18.7. The van der Waals surface area contributed by atoms with Gasteiger partial charge in [-0.25, -0.2) is 5.43 Å². The fraction of sp³-hybridized carbons (Fsp3) is 0.250. The van der Waals surface area contributed by atoms with Crippen molar-refractivity contribution in [3.8, 4) is 11.5 Å². The Morgan fingerprint density at radius 1 is 1.19 bits per heavy atom. The minimum Gasteiger partial charge on any atom is -0.496 e. The number of amides is 2. The molecule has 11 heteroatoms. The molecule has 0 spiro atoms. The first kappa shape index (κ1) is 23.8. The topological polar surface area (TPSA) is 132 Å². The Bertz CT molecular complexity index is 1020. The van der Waals surface area contributed by atoms with Crippen LogP contribution in [0.1, 0.15) is 18.9 Å². The van der Waals surface area contributed by atoms with E-state index in [0.717, 1.165) is 10.0 Å². The number of carbonyl (C=O) groups excluding carboxylic acids is 2. The smallest absolute Gasteiger partial charge is 0.296 e. The maximum atomic E-state index is 12.2. The van der Waals surface area contributed by atoms with Crippen molar-refractivity contribution in [2.24, 2.45) is 5.10 Å². The van der Waals surface area contributed by atoms with Crippen LogP contribution in [0.2, 0.25) is 0 Å². The van der Waals surface area contributed by atoms with Gasteiger partial charge in [0.1, 0.15) is 17.2 Å². The second-order valence-electron chi connectivity index (χ2n) is 6.47. The first-order valence-electron chi connectivity index (χ1n) is 9.03. The second-order valence-corrected chi connectivity index (χ2v) is 7.32. The van der Waals surface area contributed by atoms with E-state index >= 15 is 0 Å². The summed E-state index contributed by atoms with van der Waals surface area (Å²) in [6.45, 7) is 3.21. The molecule has 2 amide bonds. The standard InChI is InChI=1S/C20H21BrN4O6/c1-12-4-7-18(15(21)8-12)31-11-20(27)24-23-13(2)9-19(26)22-16-6-5-14(30-3)10-17(16)25(28)29/h4-8,10H,9,11H2,1-3H3,(H,22,26)(H,24,27). The zero-order valence-electron chi connectivity index (χ0n) is 17.1. The predicted molar refractivity (Wildman–Crippen MR) is 119 cm³/mol. The van der Waals surface area contributed by atoms with Crippen molar-refractivity contribution >= 4 is 44.8 Å². The van der Waals surface area contributed by atoms with E-state index < -0.39 is 16.7 Å². The normalized spacial score (nSPS) is 10.9. The minimum absolute atomic E-state index is 0.0321. The molecule has 2 aromatic rings. The summed E-state index contributed by atoms with van der Waals surface area (Å²) in [4.78, 5) is 34.7. The van der Waals surface area contributed by atoms with Crippen LogP contribution in [0.4, 0.5) is 11.4 Å². The third-order valence-corrected chi connectivity index (χ3v) is 4.53. The number of nitro benzene ring substituents is 1. The third kappa shape index (κ3) is 7.37. The average Bonchev–Trinajstić information content (AvgIpc) is 2.71. The van der Waals surface area contributed by atoms with E-state index in [0.29, 0.717) is 17.2 Å². The molecule has 0 saturated carbocycles. The molecule has 2 rings (SSSR count). The molecule has 0 radical (unpaired) electrons. The Kier molecular flexibility index (Phi) is 8.50. The molecular weight excluding hydrogens is 472 g/mol. The molecule has 164 valence electrons. The number of rotatable bonds is 9. The molecule has 0 aliphatic heterocycles. The molecule has 0 atom stereocenters. The van der Waals surface area contributed by atoms with Crippen molar-refractivity contribution in [1.29, 1.82) is 0 Å². The maximum absolute atomic E-state index is 12.2. The molecule has 0 aromatic heterocycles. The summed E-state index contributed by atoms with van der Waals surface area (Å²) in [5, 5.41) is 17.5. The summed E-state index contributed by atoms with van der Waals surface area (Å²) in [5.41, 5.74) is 3.39. The molecular formula is C20H21BrN4O6. The summed E-state index contributed by atoms with van der Waals surface area (Å²) >= 11 is 3.36. The van der Waals surface area contributed by atoms with Gasteiger partial charge in [0.05, 0.1) is 29.0 Å². The number of aryl methyl sites for hydroxylation is 1. The third-order valence-electron chi connectivity index (χ3n) is 3.91. The van der Waals surface area contributed by atoms with Crippen molar-refractivity contribution < 1.29 is 24.0 Å². The highest BCUT2D eigenvalue weighted by Crippen LogP contribution is 2.29. The number of hydrogen-bond acceptors (Lipinski definition) is 7. The molecule has 0 saturated heterocycles. The highest BCUT2D eigenvalue weighted by Gasteiger charge is 2.17. The highest BCUT2D eigenvalue weighted by atomic mass is 79.9. The van der Waals surface area contributed by atoms with Gasteiger partial charge in [0.25, 0.3) is 11.6 Å². The van der Waals surface area contributed by atoms with Gasteiger partial charge in [-0.3, -0.25) is 19.7 Å². The Morgan fingerprint density at radius 2 is 1.94 bits per heavy atom. The van der Waals surface area contributed by atoms with Gasteiger partial charge < -0.3 is 14.8 Å². The van der Waals surface area contributed by atoms with Crippen molar-refractivity contribution in [3.63, 3.8) is 0 Å². The average molecular weight is 493 g/mol. The summed E-state index contributed by atoms with van der Waals surface area (Å²) in [5.74, 6) is -0.214. The number of benzene rings is 2. The van der Waals surface area contributed by atoms with Gasteiger partial charge in [-0.2, -0.15) is 5.10 Å². The van der Waals surface area contributed by atoms with Crippen LogP contribution in [0.25, 0.3) is 0 Å². The minimum atomic E-state index is -0.619. The van der Waals surface area contributed by atoms with Gasteiger partial charge in [0.2, 0.25) is 5.91 Å². The van der Waals surface area contributed by atoms with E-state index in [1.165, 1.54) is 25.3 Å². The number of nitrogens with zero attached hydrogens (tertiary/aromatic N) is 2. The Labute approximate surface area is 186 Å². The van der Waals surface area contributed by atoms with E-state index in [1.807, 2.05) is 19.1 Å². The van der Waals surface area contributed by atoms with Crippen LogP contribution in [0.3, 0.4) is 0 Å². The zero-order chi connectivity index (χ0) is 23.0. The maximum Gasteiger partial charge on any atom is 0.296 e. The van der Waals surface area contributed by atoms with E-state index in [9.17, 15) is 19.7 Å². The summed E-state index contributed by atoms with van der Waals surface area (Å²) in [7, 11) is 1.39.